The normalized spacial score (nSPS) is 23.1. The fraction of sp³-hybridized carbons (Fsp3) is 0.500. The molecule has 0 aromatic carbocycles. The molecule has 29 heavy (non-hydrogen) atoms. The molecule has 1 saturated heterocycles. The molecule has 7 nitrogen and oxygen atoms in total. The van der Waals surface area contributed by atoms with Crippen LogP contribution in [-0.2, 0) is 14.8 Å². The van der Waals surface area contributed by atoms with Crippen LogP contribution in [-0.4, -0.2) is 61.9 Å². The van der Waals surface area contributed by atoms with Crippen LogP contribution in [0.5, 0.6) is 0 Å². The van der Waals surface area contributed by atoms with E-state index in [1.165, 1.54) is 4.88 Å². The van der Waals surface area contributed by atoms with Gasteiger partial charge < -0.3 is 10.2 Å². The number of hydrogen-bond donors (Lipinski definition) is 1. The lowest BCUT2D eigenvalue weighted by Crippen LogP contribution is -2.45. The zero-order chi connectivity index (χ0) is 20.4. The number of nitrogens with zero attached hydrogens (tertiary/aromatic N) is 3. The van der Waals surface area contributed by atoms with E-state index < -0.39 is 10.0 Å². The standard InChI is InChI=1S/C20H26N4O3S2/c1-15-6-9-23(10-7-15)17(18-5-3-12-28-18)14-21-20(25)16-4-2-8-24-11-13-29(26,27)22-19(16)24/h2-5,8,12,15,17H,6-7,9-11,13-14H2,1H3,(H,21,25)/t17-/m0/s1. The van der Waals surface area contributed by atoms with Gasteiger partial charge in [0.15, 0.2) is 5.84 Å². The molecule has 1 aromatic heterocycles. The van der Waals surface area contributed by atoms with Gasteiger partial charge in [-0.1, -0.05) is 13.0 Å². The van der Waals surface area contributed by atoms with Gasteiger partial charge in [-0.05, 0) is 55.4 Å². The van der Waals surface area contributed by atoms with Gasteiger partial charge in [0, 0.05) is 24.2 Å². The monoisotopic (exact) mass is 434 g/mol. The van der Waals surface area contributed by atoms with Crippen LogP contribution in [0.25, 0.3) is 0 Å². The van der Waals surface area contributed by atoms with E-state index in [0.717, 1.165) is 31.8 Å². The second-order valence-corrected chi connectivity index (χ2v) is 10.5. The Bertz CT molecular complexity index is 942. The average Bonchev–Trinajstić information content (AvgIpc) is 3.22. The van der Waals surface area contributed by atoms with Crippen LogP contribution in [0.2, 0.25) is 0 Å². The molecule has 0 aliphatic carbocycles. The largest absolute Gasteiger partial charge is 0.350 e. The highest BCUT2D eigenvalue weighted by Crippen LogP contribution is 2.29. The summed E-state index contributed by atoms with van der Waals surface area (Å²) in [6.07, 6.45) is 7.47. The van der Waals surface area contributed by atoms with Crippen LogP contribution >= 0.6 is 11.3 Å². The molecule has 3 aliphatic heterocycles. The van der Waals surface area contributed by atoms with Crippen molar-refractivity contribution in [2.24, 2.45) is 10.3 Å². The quantitative estimate of drug-likeness (QED) is 0.768. The molecular formula is C20H26N4O3S2. The molecule has 0 spiro atoms. The van der Waals surface area contributed by atoms with E-state index in [2.05, 4.69) is 33.0 Å². The first-order chi connectivity index (χ1) is 13.9. The number of rotatable bonds is 5. The van der Waals surface area contributed by atoms with Crippen molar-refractivity contribution in [3.05, 3.63) is 46.3 Å². The van der Waals surface area contributed by atoms with Gasteiger partial charge in [-0.15, -0.1) is 15.7 Å². The molecule has 9 heteroatoms. The molecule has 4 rings (SSSR count). The molecule has 0 radical (unpaired) electrons. The Morgan fingerprint density at radius 3 is 2.86 bits per heavy atom. The lowest BCUT2D eigenvalue weighted by Gasteiger charge is -2.36. The van der Waals surface area contributed by atoms with E-state index in [1.807, 2.05) is 6.07 Å². The number of likely N-dealkylation sites (tertiary alicyclic amines) is 1. The molecule has 1 N–H and O–H groups in total. The third kappa shape index (κ3) is 4.62. The van der Waals surface area contributed by atoms with Crippen LogP contribution in [0.15, 0.2) is 45.8 Å². The number of amidine groups is 1. The van der Waals surface area contributed by atoms with Gasteiger partial charge in [-0.25, -0.2) is 8.42 Å². The van der Waals surface area contributed by atoms with Crippen molar-refractivity contribution in [2.75, 3.05) is 31.9 Å². The zero-order valence-electron chi connectivity index (χ0n) is 16.5. The van der Waals surface area contributed by atoms with E-state index in [4.69, 9.17) is 0 Å². The number of piperidine rings is 1. The molecule has 156 valence electrons. The van der Waals surface area contributed by atoms with Crippen LogP contribution < -0.4 is 5.32 Å². The highest BCUT2D eigenvalue weighted by atomic mass is 32.2. The second-order valence-electron chi connectivity index (χ2n) is 7.78. The van der Waals surface area contributed by atoms with Crippen molar-refractivity contribution >= 4 is 33.1 Å². The topological polar surface area (TPSA) is 82.1 Å². The number of carbonyl (C=O) groups excluding carboxylic acids is 1. The SMILES string of the molecule is CC1CCN([C@@H](CNC(=O)C2=CC=CN3CCS(=O)(=O)N=C23)c2cccs2)CC1. The van der Waals surface area contributed by atoms with Gasteiger partial charge in [0.2, 0.25) is 0 Å². The van der Waals surface area contributed by atoms with Gasteiger partial charge in [0.25, 0.3) is 15.9 Å². The first-order valence-electron chi connectivity index (χ1n) is 9.97. The maximum Gasteiger partial charge on any atom is 0.256 e. The summed E-state index contributed by atoms with van der Waals surface area (Å²) in [5.74, 6) is 0.628. The van der Waals surface area contributed by atoms with Gasteiger partial charge in [0.05, 0.1) is 17.4 Å². The minimum atomic E-state index is -3.52. The molecule has 4 heterocycles. The van der Waals surface area contributed by atoms with Crippen LogP contribution in [0.4, 0.5) is 0 Å². The number of hydrogen-bond acceptors (Lipinski definition) is 6. The highest BCUT2D eigenvalue weighted by molar-refractivity contribution is 7.90. The lowest BCUT2D eigenvalue weighted by atomic mass is 9.97. The summed E-state index contributed by atoms with van der Waals surface area (Å²) in [6, 6.07) is 4.27. The summed E-state index contributed by atoms with van der Waals surface area (Å²) >= 11 is 1.70. The number of fused-ring (bicyclic) bond motifs is 1. The predicted octanol–water partition coefficient (Wildman–Crippen LogP) is 2.13. The third-order valence-electron chi connectivity index (χ3n) is 5.69. The van der Waals surface area contributed by atoms with Crippen molar-refractivity contribution in [1.82, 2.24) is 15.1 Å². The van der Waals surface area contributed by atoms with E-state index in [1.54, 1.807) is 34.6 Å². The molecule has 0 bridgehead atoms. The van der Waals surface area contributed by atoms with Gasteiger partial charge in [-0.3, -0.25) is 9.69 Å². The number of thiophene rings is 1. The Balaban J connectivity index is 1.49. The summed E-state index contributed by atoms with van der Waals surface area (Å²) in [6.45, 7) is 5.11. The number of nitrogens with one attached hydrogen (secondary N) is 1. The minimum Gasteiger partial charge on any atom is -0.350 e. The number of carbonyl (C=O) groups is 1. The summed E-state index contributed by atoms with van der Waals surface area (Å²) in [5.41, 5.74) is 0.299. The Morgan fingerprint density at radius 1 is 1.34 bits per heavy atom. The fourth-order valence-electron chi connectivity index (χ4n) is 3.91. The van der Waals surface area contributed by atoms with Crippen molar-refractivity contribution in [1.29, 1.82) is 0 Å². The van der Waals surface area contributed by atoms with Gasteiger partial charge in [0.1, 0.15) is 0 Å². The number of allylic oxidation sites excluding steroid dienone is 2. The Morgan fingerprint density at radius 2 is 2.14 bits per heavy atom. The predicted molar refractivity (Wildman–Crippen MR) is 115 cm³/mol. The highest BCUT2D eigenvalue weighted by Gasteiger charge is 2.31. The summed E-state index contributed by atoms with van der Waals surface area (Å²) in [4.78, 5) is 18.3. The fourth-order valence-corrected chi connectivity index (χ4v) is 5.76. The molecule has 0 saturated carbocycles. The first-order valence-corrected chi connectivity index (χ1v) is 12.5. The lowest BCUT2D eigenvalue weighted by molar-refractivity contribution is -0.117. The van der Waals surface area contributed by atoms with E-state index >= 15 is 0 Å². The number of sulfonamides is 1. The molecule has 1 aromatic rings. The smallest absolute Gasteiger partial charge is 0.256 e. The van der Waals surface area contributed by atoms with Crippen molar-refractivity contribution in [3.63, 3.8) is 0 Å². The minimum absolute atomic E-state index is 0.0381. The third-order valence-corrected chi connectivity index (χ3v) is 7.81. The number of amides is 1. The van der Waals surface area contributed by atoms with Crippen molar-refractivity contribution in [3.8, 4) is 0 Å². The Hall–Kier alpha value is -1.97. The average molecular weight is 435 g/mol. The Labute approximate surface area is 175 Å². The molecule has 1 fully saturated rings. The van der Waals surface area contributed by atoms with Crippen molar-refractivity contribution in [2.45, 2.75) is 25.8 Å². The Kier molecular flexibility index (Phi) is 5.89. The molecule has 1 atom stereocenters. The maximum absolute atomic E-state index is 12.9. The van der Waals surface area contributed by atoms with E-state index in [0.29, 0.717) is 18.7 Å². The summed E-state index contributed by atoms with van der Waals surface area (Å²) in [7, 11) is -3.52. The van der Waals surface area contributed by atoms with E-state index in [-0.39, 0.29) is 23.5 Å². The van der Waals surface area contributed by atoms with E-state index in [9.17, 15) is 13.2 Å². The van der Waals surface area contributed by atoms with Gasteiger partial charge in [-0.2, -0.15) is 0 Å². The maximum atomic E-state index is 12.9. The van der Waals surface area contributed by atoms with Crippen LogP contribution in [0, 0.1) is 5.92 Å². The molecule has 0 unspecified atom stereocenters. The summed E-state index contributed by atoms with van der Waals surface area (Å²) < 4.78 is 27.7. The van der Waals surface area contributed by atoms with Crippen LogP contribution in [0.1, 0.15) is 30.7 Å². The first kappa shape index (κ1) is 20.3. The second kappa shape index (κ2) is 8.41. The van der Waals surface area contributed by atoms with Crippen molar-refractivity contribution < 1.29 is 13.2 Å². The van der Waals surface area contributed by atoms with Gasteiger partial charge >= 0.3 is 0 Å². The summed E-state index contributed by atoms with van der Waals surface area (Å²) in [5, 5.41) is 5.09. The molecule has 3 aliphatic rings. The van der Waals surface area contributed by atoms with Crippen LogP contribution in [0.3, 0.4) is 0 Å². The molecule has 1 amide bonds. The molecular weight excluding hydrogens is 408 g/mol. The zero-order valence-corrected chi connectivity index (χ0v) is 18.1.